The van der Waals surface area contributed by atoms with Gasteiger partial charge in [0.1, 0.15) is 0 Å². The van der Waals surface area contributed by atoms with Crippen LogP contribution in [-0.2, 0) is 16.4 Å². The topological polar surface area (TPSA) is 64.6 Å². The number of sulfonamides is 1. The lowest BCUT2D eigenvalue weighted by Crippen LogP contribution is -2.26. The molecule has 0 fully saturated rings. The third kappa shape index (κ3) is 3.33. The van der Waals surface area contributed by atoms with E-state index in [-0.39, 0.29) is 17.7 Å². The average Bonchev–Trinajstić information content (AvgIpc) is 3.02. The van der Waals surface area contributed by atoms with E-state index in [1.807, 2.05) is 25.1 Å². The van der Waals surface area contributed by atoms with E-state index < -0.39 is 10.0 Å². The number of nitrogens with one attached hydrogen (secondary N) is 1. The van der Waals surface area contributed by atoms with E-state index >= 15 is 0 Å². The minimum Gasteiger partial charge on any atom is -0.454 e. The van der Waals surface area contributed by atoms with Gasteiger partial charge < -0.3 is 9.47 Å². The smallest absolute Gasteiger partial charge is 0.241 e. The molecule has 1 aliphatic heterocycles. The fraction of sp³-hybridized carbons (Fsp3) is 0.294. The largest absolute Gasteiger partial charge is 0.454 e. The van der Waals surface area contributed by atoms with Crippen molar-refractivity contribution in [1.82, 2.24) is 4.72 Å². The van der Waals surface area contributed by atoms with E-state index in [1.54, 1.807) is 31.2 Å². The molecular formula is C17H19NO4S. The molecule has 0 spiro atoms. The summed E-state index contributed by atoms with van der Waals surface area (Å²) < 4.78 is 38.3. The van der Waals surface area contributed by atoms with Gasteiger partial charge in [-0.3, -0.25) is 0 Å². The first kappa shape index (κ1) is 15.8. The molecule has 1 heterocycles. The summed E-state index contributed by atoms with van der Waals surface area (Å²) in [6.45, 7) is 4.03. The minimum atomic E-state index is -3.57. The third-order valence-electron chi connectivity index (χ3n) is 3.87. The minimum absolute atomic E-state index is 0.197. The zero-order valence-electron chi connectivity index (χ0n) is 13.1. The van der Waals surface area contributed by atoms with Gasteiger partial charge >= 0.3 is 0 Å². The first-order valence-corrected chi connectivity index (χ1v) is 8.99. The fourth-order valence-electron chi connectivity index (χ4n) is 2.46. The van der Waals surface area contributed by atoms with Crippen LogP contribution in [0.4, 0.5) is 0 Å². The maximum atomic E-state index is 12.5. The van der Waals surface area contributed by atoms with Crippen LogP contribution in [0.5, 0.6) is 11.5 Å². The van der Waals surface area contributed by atoms with Gasteiger partial charge in [0.2, 0.25) is 16.8 Å². The number of ether oxygens (including phenoxy) is 2. The molecule has 0 aliphatic carbocycles. The first-order chi connectivity index (χ1) is 11.0. The number of fused-ring (bicyclic) bond motifs is 1. The number of aryl methyl sites for hydroxylation is 1. The molecule has 1 aliphatic rings. The van der Waals surface area contributed by atoms with E-state index in [4.69, 9.17) is 9.47 Å². The highest BCUT2D eigenvalue weighted by atomic mass is 32.2. The summed E-state index contributed by atoms with van der Waals surface area (Å²) in [6.07, 6.45) is 0.876. The Bertz CT molecular complexity index is 800. The molecule has 122 valence electrons. The molecule has 0 aromatic heterocycles. The van der Waals surface area contributed by atoms with E-state index in [0.29, 0.717) is 11.5 Å². The molecule has 23 heavy (non-hydrogen) atoms. The van der Waals surface area contributed by atoms with Gasteiger partial charge in [0.25, 0.3) is 0 Å². The predicted octanol–water partition coefficient (Wildman–Crippen LogP) is 3.02. The second-order valence-electron chi connectivity index (χ2n) is 5.45. The molecule has 2 aromatic carbocycles. The lowest BCUT2D eigenvalue weighted by atomic mass is 10.1. The van der Waals surface area contributed by atoms with Crippen LogP contribution in [0.15, 0.2) is 47.4 Å². The molecule has 0 radical (unpaired) electrons. The molecule has 3 rings (SSSR count). The van der Waals surface area contributed by atoms with Crippen LogP contribution in [0.2, 0.25) is 0 Å². The second-order valence-corrected chi connectivity index (χ2v) is 7.17. The van der Waals surface area contributed by atoms with Crippen LogP contribution in [0, 0.1) is 0 Å². The summed E-state index contributed by atoms with van der Waals surface area (Å²) >= 11 is 0. The molecule has 0 bridgehead atoms. The van der Waals surface area contributed by atoms with Crippen LogP contribution in [0.3, 0.4) is 0 Å². The number of hydrogen-bond acceptors (Lipinski definition) is 4. The number of benzene rings is 2. The maximum absolute atomic E-state index is 12.5. The normalized spacial score (nSPS) is 14.7. The lowest BCUT2D eigenvalue weighted by molar-refractivity contribution is 0.174. The van der Waals surface area contributed by atoms with E-state index in [0.717, 1.165) is 17.5 Å². The van der Waals surface area contributed by atoms with Gasteiger partial charge in [-0.25, -0.2) is 13.1 Å². The van der Waals surface area contributed by atoms with Crippen molar-refractivity contribution in [2.75, 3.05) is 6.79 Å². The van der Waals surface area contributed by atoms with Crippen molar-refractivity contribution in [2.24, 2.45) is 0 Å². The summed E-state index contributed by atoms with van der Waals surface area (Å²) in [6, 6.07) is 12.0. The Kier molecular flexibility index (Phi) is 4.28. The Hall–Kier alpha value is -2.05. The molecule has 6 heteroatoms. The lowest BCUT2D eigenvalue weighted by Gasteiger charge is -2.15. The molecule has 2 aromatic rings. The molecule has 0 unspecified atom stereocenters. The predicted molar refractivity (Wildman–Crippen MR) is 87.1 cm³/mol. The molecule has 0 amide bonds. The SMILES string of the molecule is CCc1ccc(S(=O)(=O)N[C@H](C)c2ccc3c(c2)OCO3)cc1. The van der Waals surface area contributed by atoms with Crippen LogP contribution < -0.4 is 14.2 Å². The summed E-state index contributed by atoms with van der Waals surface area (Å²) in [5, 5.41) is 0. The Balaban J connectivity index is 1.79. The Morgan fingerprint density at radius 3 is 2.48 bits per heavy atom. The van der Waals surface area contributed by atoms with Crippen molar-refractivity contribution >= 4 is 10.0 Å². The van der Waals surface area contributed by atoms with Crippen LogP contribution in [0.1, 0.15) is 31.0 Å². The average molecular weight is 333 g/mol. The monoisotopic (exact) mass is 333 g/mol. The molecular weight excluding hydrogens is 314 g/mol. The van der Waals surface area contributed by atoms with Crippen molar-refractivity contribution in [1.29, 1.82) is 0 Å². The Morgan fingerprint density at radius 1 is 1.09 bits per heavy atom. The Labute approximate surface area is 136 Å². The molecule has 1 atom stereocenters. The third-order valence-corrected chi connectivity index (χ3v) is 5.43. The molecule has 1 N–H and O–H groups in total. The first-order valence-electron chi connectivity index (χ1n) is 7.50. The van der Waals surface area contributed by atoms with Crippen LogP contribution >= 0.6 is 0 Å². The summed E-state index contributed by atoms with van der Waals surface area (Å²) in [4.78, 5) is 0.266. The molecule has 5 nitrogen and oxygen atoms in total. The standard InChI is InChI=1S/C17H19NO4S/c1-3-13-4-7-15(8-5-13)23(19,20)18-12(2)14-6-9-16-17(10-14)22-11-21-16/h4-10,12,18H,3,11H2,1-2H3/t12-/m1/s1. The summed E-state index contributed by atoms with van der Waals surface area (Å²) in [7, 11) is -3.57. The fourth-order valence-corrected chi connectivity index (χ4v) is 3.69. The maximum Gasteiger partial charge on any atom is 0.241 e. The van der Waals surface area contributed by atoms with Crippen molar-refractivity contribution in [3.8, 4) is 11.5 Å². The molecule has 0 saturated heterocycles. The summed E-state index contributed by atoms with van der Waals surface area (Å²) in [5.41, 5.74) is 1.93. The van der Waals surface area contributed by atoms with Gasteiger partial charge in [-0.1, -0.05) is 25.1 Å². The number of hydrogen-bond donors (Lipinski definition) is 1. The van der Waals surface area contributed by atoms with Crippen molar-refractivity contribution in [3.63, 3.8) is 0 Å². The van der Waals surface area contributed by atoms with E-state index in [1.165, 1.54) is 0 Å². The zero-order chi connectivity index (χ0) is 16.4. The van der Waals surface area contributed by atoms with Gasteiger partial charge in [0, 0.05) is 6.04 Å². The van der Waals surface area contributed by atoms with Gasteiger partial charge in [-0.2, -0.15) is 0 Å². The van der Waals surface area contributed by atoms with E-state index in [2.05, 4.69) is 4.72 Å². The highest BCUT2D eigenvalue weighted by Crippen LogP contribution is 2.34. The van der Waals surface area contributed by atoms with Crippen LogP contribution in [0.25, 0.3) is 0 Å². The molecule has 0 saturated carbocycles. The highest BCUT2D eigenvalue weighted by Gasteiger charge is 2.20. The number of rotatable bonds is 5. The van der Waals surface area contributed by atoms with Crippen molar-refractivity contribution in [3.05, 3.63) is 53.6 Å². The van der Waals surface area contributed by atoms with E-state index in [9.17, 15) is 8.42 Å². The van der Waals surface area contributed by atoms with Gasteiger partial charge in [0.15, 0.2) is 11.5 Å². The van der Waals surface area contributed by atoms with Gasteiger partial charge in [-0.15, -0.1) is 0 Å². The van der Waals surface area contributed by atoms with Crippen molar-refractivity contribution in [2.45, 2.75) is 31.2 Å². The van der Waals surface area contributed by atoms with Gasteiger partial charge in [-0.05, 0) is 48.7 Å². The summed E-state index contributed by atoms with van der Waals surface area (Å²) in [5.74, 6) is 1.32. The highest BCUT2D eigenvalue weighted by molar-refractivity contribution is 7.89. The zero-order valence-corrected chi connectivity index (χ0v) is 13.9. The van der Waals surface area contributed by atoms with Crippen LogP contribution in [-0.4, -0.2) is 15.2 Å². The quantitative estimate of drug-likeness (QED) is 0.913. The van der Waals surface area contributed by atoms with Crippen molar-refractivity contribution < 1.29 is 17.9 Å². The van der Waals surface area contributed by atoms with Gasteiger partial charge in [0.05, 0.1) is 4.90 Å². The Morgan fingerprint density at radius 2 is 1.78 bits per heavy atom. The second kappa shape index (κ2) is 6.22.